The number of rotatable bonds is 0. The van der Waals surface area contributed by atoms with E-state index in [-0.39, 0.29) is 5.56 Å². The molecule has 0 amide bonds. The molecular weight excluding hydrogens is 199 g/mol. The Kier molecular flexibility index (Phi) is 1.97. The summed E-state index contributed by atoms with van der Waals surface area (Å²) in [5.74, 6) is -0.500. The van der Waals surface area contributed by atoms with Gasteiger partial charge in [0.15, 0.2) is 0 Å². The van der Waals surface area contributed by atoms with Crippen LogP contribution in [0.1, 0.15) is 5.56 Å². The van der Waals surface area contributed by atoms with E-state index >= 15 is 0 Å². The zero-order valence-corrected chi connectivity index (χ0v) is 6.39. The van der Waals surface area contributed by atoms with Crippen molar-refractivity contribution in [1.29, 1.82) is 5.26 Å². The van der Waals surface area contributed by atoms with Crippen molar-refractivity contribution in [3.8, 4) is 6.07 Å². The normalized spacial score (nSPS) is 8.90. The lowest BCUT2D eigenvalue weighted by Crippen LogP contribution is -1.84. The molecule has 0 unspecified atom stereocenters. The molecule has 0 radical (unpaired) electrons. The number of aromatic nitrogens is 1. The van der Waals surface area contributed by atoms with E-state index in [4.69, 9.17) is 5.26 Å². The molecule has 10 heavy (non-hydrogen) atoms. The lowest BCUT2D eigenvalue weighted by atomic mass is 10.3. The van der Waals surface area contributed by atoms with Gasteiger partial charge in [-0.2, -0.15) is 5.26 Å². The standard InChI is InChI=1S/C6H2BrFN2/c7-6-4(2-9)1-5(8)3-10-6/h1,3H. The van der Waals surface area contributed by atoms with Gasteiger partial charge in [-0.15, -0.1) is 0 Å². The molecule has 0 saturated heterocycles. The molecule has 2 nitrogen and oxygen atoms in total. The number of hydrogen-bond acceptors (Lipinski definition) is 2. The lowest BCUT2D eigenvalue weighted by Gasteiger charge is -1.91. The fourth-order valence-electron chi connectivity index (χ4n) is 0.501. The van der Waals surface area contributed by atoms with Crippen molar-refractivity contribution in [2.75, 3.05) is 0 Å². The predicted octanol–water partition coefficient (Wildman–Crippen LogP) is 1.85. The summed E-state index contributed by atoms with van der Waals surface area (Å²) in [6.07, 6.45) is 1.05. The van der Waals surface area contributed by atoms with E-state index in [0.29, 0.717) is 4.60 Å². The third-order valence-electron chi connectivity index (χ3n) is 0.926. The van der Waals surface area contributed by atoms with Crippen molar-refractivity contribution in [3.63, 3.8) is 0 Å². The maximum atomic E-state index is 12.3. The summed E-state index contributed by atoms with van der Waals surface area (Å²) in [5, 5.41) is 8.36. The monoisotopic (exact) mass is 200 g/mol. The van der Waals surface area contributed by atoms with Gasteiger partial charge in [-0.3, -0.25) is 0 Å². The molecule has 1 rings (SSSR count). The van der Waals surface area contributed by atoms with Crippen LogP contribution in [0.3, 0.4) is 0 Å². The molecule has 0 N–H and O–H groups in total. The van der Waals surface area contributed by atoms with Crippen molar-refractivity contribution < 1.29 is 4.39 Å². The first-order chi connectivity index (χ1) is 4.74. The number of pyridine rings is 1. The Hall–Kier alpha value is -0.950. The van der Waals surface area contributed by atoms with Gasteiger partial charge in [0, 0.05) is 0 Å². The fraction of sp³-hybridized carbons (Fsp3) is 0. The van der Waals surface area contributed by atoms with Gasteiger partial charge < -0.3 is 0 Å². The van der Waals surface area contributed by atoms with Crippen LogP contribution in [0.2, 0.25) is 0 Å². The van der Waals surface area contributed by atoms with Crippen LogP contribution in [-0.2, 0) is 0 Å². The summed E-state index contributed by atoms with van der Waals surface area (Å²) < 4.78 is 12.7. The molecule has 0 fully saturated rings. The Morgan fingerprint density at radius 2 is 2.40 bits per heavy atom. The van der Waals surface area contributed by atoms with Crippen LogP contribution >= 0.6 is 15.9 Å². The summed E-state index contributed by atoms with van der Waals surface area (Å²) in [6, 6.07) is 2.91. The van der Waals surface area contributed by atoms with Gasteiger partial charge in [-0.05, 0) is 22.0 Å². The summed E-state index contributed by atoms with van der Waals surface area (Å²) in [6.45, 7) is 0. The molecule has 4 heteroatoms. The van der Waals surface area contributed by atoms with E-state index in [9.17, 15) is 4.39 Å². The molecular formula is C6H2BrFN2. The van der Waals surface area contributed by atoms with E-state index in [2.05, 4.69) is 20.9 Å². The quantitative estimate of drug-likeness (QED) is 0.600. The first kappa shape index (κ1) is 7.16. The van der Waals surface area contributed by atoms with Gasteiger partial charge in [-0.1, -0.05) is 0 Å². The number of hydrogen-bond donors (Lipinski definition) is 0. The van der Waals surface area contributed by atoms with Crippen molar-refractivity contribution in [2.24, 2.45) is 0 Å². The Morgan fingerprint density at radius 3 is 2.90 bits per heavy atom. The molecule has 0 aliphatic heterocycles. The van der Waals surface area contributed by atoms with Crippen LogP contribution < -0.4 is 0 Å². The highest BCUT2D eigenvalue weighted by atomic mass is 79.9. The van der Waals surface area contributed by atoms with Gasteiger partial charge in [0.25, 0.3) is 0 Å². The minimum atomic E-state index is -0.500. The molecule has 0 atom stereocenters. The molecule has 0 aliphatic carbocycles. The fourth-order valence-corrected chi connectivity index (χ4v) is 0.806. The molecule has 1 aromatic heterocycles. The van der Waals surface area contributed by atoms with E-state index in [1.807, 2.05) is 0 Å². The lowest BCUT2D eigenvalue weighted by molar-refractivity contribution is 0.620. The molecule has 0 saturated carbocycles. The first-order valence-electron chi connectivity index (χ1n) is 2.45. The van der Waals surface area contributed by atoms with Crippen molar-refractivity contribution in [1.82, 2.24) is 4.98 Å². The van der Waals surface area contributed by atoms with Crippen molar-refractivity contribution in [2.45, 2.75) is 0 Å². The maximum Gasteiger partial charge on any atom is 0.142 e. The Bertz CT molecular complexity index is 292. The Morgan fingerprint density at radius 1 is 1.70 bits per heavy atom. The highest BCUT2D eigenvalue weighted by Crippen LogP contribution is 2.12. The third-order valence-corrected chi connectivity index (χ3v) is 1.56. The van der Waals surface area contributed by atoms with Gasteiger partial charge in [0.1, 0.15) is 16.5 Å². The van der Waals surface area contributed by atoms with Crippen LogP contribution in [0.4, 0.5) is 4.39 Å². The zero-order chi connectivity index (χ0) is 7.56. The van der Waals surface area contributed by atoms with E-state index in [0.717, 1.165) is 12.3 Å². The molecule has 50 valence electrons. The molecule has 0 aliphatic rings. The van der Waals surface area contributed by atoms with Gasteiger partial charge in [0.2, 0.25) is 0 Å². The Balaban J connectivity index is 3.25. The van der Waals surface area contributed by atoms with Crippen LogP contribution in [0.5, 0.6) is 0 Å². The summed E-state index contributed by atoms with van der Waals surface area (Å²) in [4.78, 5) is 3.57. The molecule has 0 aromatic carbocycles. The predicted molar refractivity (Wildman–Crippen MR) is 36.6 cm³/mol. The van der Waals surface area contributed by atoms with Gasteiger partial charge >= 0.3 is 0 Å². The third kappa shape index (κ3) is 1.31. The highest BCUT2D eigenvalue weighted by molar-refractivity contribution is 9.10. The topological polar surface area (TPSA) is 36.7 Å². The van der Waals surface area contributed by atoms with Crippen LogP contribution in [-0.4, -0.2) is 4.98 Å². The Labute approximate surface area is 65.4 Å². The first-order valence-corrected chi connectivity index (χ1v) is 3.24. The minimum Gasteiger partial charge on any atom is -0.245 e. The highest BCUT2D eigenvalue weighted by Gasteiger charge is 1.99. The number of nitriles is 1. The second kappa shape index (κ2) is 2.76. The van der Waals surface area contributed by atoms with Crippen molar-refractivity contribution >= 4 is 15.9 Å². The number of halogens is 2. The smallest absolute Gasteiger partial charge is 0.142 e. The van der Waals surface area contributed by atoms with Gasteiger partial charge in [0.05, 0.1) is 11.8 Å². The number of nitrogens with zero attached hydrogens (tertiary/aromatic N) is 2. The van der Waals surface area contributed by atoms with Crippen LogP contribution in [0.25, 0.3) is 0 Å². The van der Waals surface area contributed by atoms with E-state index in [1.54, 1.807) is 6.07 Å². The largest absolute Gasteiger partial charge is 0.245 e. The van der Waals surface area contributed by atoms with Crippen LogP contribution in [0.15, 0.2) is 16.9 Å². The SMILES string of the molecule is N#Cc1cc(F)cnc1Br. The van der Waals surface area contributed by atoms with Crippen molar-refractivity contribution in [3.05, 3.63) is 28.2 Å². The average molecular weight is 201 g/mol. The summed E-state index contributed by atoms with van der Waals surface area (Å²) >= 11 is 2.99. The second-order valence-corrected chi connectivity index (χ2v) is 2.35. The molecule has 1 aromatic rings. The average Bonchev–Trinajstić information content (AvgIpc) is 1.94. The zero-order valence-electron chi connectivity index (χ0n) is 4.81. The van der Waals surface area contributed by atoms with E-state index in [1.165, 1.54) is 0 Å². The molecule has 0 bridgehead atoms. The second-order valence-electron chi connectivity index (χ2n) is 1.60. The van der Waals surface area contributed by atoms with E-state index < -0.39 is 5.82 Å². The van der Waals surface area contributed by atoms with Crippen LogP contribution in [0, 0.1) is 17.1 Å². The maximum absolute atomic E-state index is 12.3. The summed E-state index contributed by atoms with van der Waals surface area (Å²) in [7, 11) is 0. The minimum absolute atomic E-state index is 0.208. The summed E-state index contributed by atoms with van der Waals surface area (Å²) in [5.41, 5.74) is 0.208. The van der Waals surface area contributed by atoms with Gasteiger partial charge in [-0.25, -0.2) is 9.37 Å². The molecule has 1 heterocycles. The molecule has 0 spiro atoms.